The zero-order valence-corrected chi connectivity index (χ0v) is 13.2. The molecule has 0 aliphatic rings. The first-order valence-corrected chi connectivity index (χ1v) is 7.27. The molecule has 0 aromatic carbocycles. The molecule has 0 saturated heterocycles. The van der Waals surface area contributed by atoms with E-state index in [0.717, 1.165) is 11.3 Å². The third-order valence-electron chi connectivity index (χ3n) is 3.70. The van der Waals surface area contributed by atoms with Crippen LogP contribution in [0.4, 0.5) is 0 Å². The van der Waals surface area contributed by atoms with Crippen LogP contribution in [0, 0.1) is 0 Å². The van der Waals surface area contributed by atoms with Gasteiger partial charge in [-0.15, -0.1) is 0 Å². The Kier molecular flexibility index (Phi) is 7.34. The van der Waals surface area contributed by atoms with Gasteiger partial charge in [-0.2, -0.15) is 0 Å². The molecule has 6 N–H and O–H groups in total. The molecule has 7 heteroatoms. The Labute approximate surface area is 131 Å². The summed E-state index contributed by atoms with van der Waals surface area (Å²) in [5.74, 6) is 0. The SMILES string of the molecule is CC(CO)(CO)NCc1ccc(CNC(C)(CO)CO)nc1. The molecule has 0 atom stereocenters. The maximum atomic E-state index is 9.21. The average molecular weight is 313 g/mol. The number of aliphatic hydroxyl groups is 4. The minimum Gasteiger partial charge on any atom is -0.394 e. The van der Waals surface area contributed by atoms with Crippen LogP contribution in [0.25, 0.3) is 0 Å². The van der Waals surface area contributed by atoms with Gasteiger partial charge in [0, 0.05) is 19.3 Å². The minimum atomic E-state index is -0.730. The van der Waals surface area contributed by atoms with Crippen molar-refractivity contribution in [3.05, 3.63) is 29.6 Å². The summed E-state index contributed by atoms with van der Waals surface area (Å²) in [6, 6.07) is 3.76. The lowest BCUT2D eigenvalue weighted by atomic mass is 10.0. The fourth-order valence-corrected chi connectivity index (χ4v) is 1.61. The van der Waals surface area contributed by atoms with Crippen molar-refractivity contribution in [3.63, 3.8) is 0 Å². The van der Waals surface area contributed by atoms with E-state index < -0.39 is 11.1 Å². The second-order valence-corrected chi connectivity index (χ2v) is 6.12. The molecule has 0 unspecified atom stereocenters. The molecule has 1 aromatic rings. The van der Waals surface area contributed by atoms with Crippen LogP contribution in [0.1, 0.15) is 25.1 Å². The Morgan fingerprint density at radius 1 is 0.864 bits per heavy atom. The Hall–Kier alpha value is -1.09. The fraction of sp³-hybridized carbons (Fsp3) is 0.667. The van der Waals surface area contributed by atoms with Crippen molar-refractivity contribution in [1.82, 2.24) is 15.6 Å². The molecule has 0 spiro atoms. The molecule has 1 aromatic heterocycles. The Morgan fingerprint density at radius 3 is 1.77 bits per heavy atom. The molecule has 0 aliphatic carbocycles. The zero-order valence-electron chi connectivity index (χ0n) is 13.2. The van der Waals surface area contributed by atoms with Crippen LogP contribution in [0.2, 0.25) is 0 Å². The average Bonchev–Trinajstić information content (AvgIpc) is 2.58. The lowest BCUT2D eigenvalue weighted by Gasteiger charge is -2.26. The monoisotopic (exact) mass is 313 g/mol. The number of aromatic nitrogens is 1. The summed E-state index contributed by atoms with van der Waals surface area (Å²) in [4.78, 5) is 4.31. The van der Waals surface area contributed by atoms with Crippen LogP contribution in [0.3, 0.4) is 0 Å². The van der Waals surface area contributed by atoms with E-state index in [1.54, 1.807) is 20.0 Å². The molecular weight excluding hydrogens is 286 g/mol. The van der Waals surface area contributed by atoms with Crippen molar-refractivity contribution in [2.24, 2.45) is 0 Å². The minimum absolute atomic E-state index is 0.153. The first kappa shape index (κ1) is 19.0. The summed E-state index contributed by atoms with van der Waals surface area (Å²) in [5, 5.41) is 43.0. The van der Waals surface area contributed by atoms with Gasteiger partial charge in [0.05, 0.1) is 43.2 Å². The van der Waals surface area contributed by atoms with Crippen molar-refractivity contribution in [1.29, 1.82) is 0 Å². The maximum absolute atomic E-state index is 9.21. The van der Waals surface area contributed by atoms with Crippen LogP contribution >= 0.6 is 0 Å². The normalized spacial score (nSPS) is 12.6. The van der Waals surface area contributed by atoms with Gasteiger partial charge in [-0.25, -0.2) is 0 Å². The van der Waals surface area contributed by atoms with Crippen LogP contribution in [0.5, 0.6) is 0 Å². The van der Waals surface area contributed by atoms with Crippen molar-refractivity contribution < 1.29 is 20.4 Å². The van der Waals surface area contributed by atoms with E-state index in [1.165, 1.54) is 0 Å². The third kappa shape index (κ3) is 5.60. The number of aliphatic hydroxyl groups excluding tert-OH is 4. The van der Waals surface area contributed by atoms with Crippen LogP contribution in [-0.2, 0) is 13.1 Å². The van der Waals surface area contributed by atoms with Gasteiger partial charge in [-0.3, -0.25) is 4.98 Å². The van der Waals surface area contributed by atoms with Gasteiger partial charge in [0.2, 0.25) is 0 Å². The van der Waals surface area contributed by atoms with E-state index in [4.69, 9.17) is 0 Å². The highest BCUT2D eigenvalue weighted by atomic mass is 16.3. The van der Waals surface area contributed by atoms with E-state index in [9.17, 15) is 20.4 Å². The molecule has 0 amide bonds. The van der Waals surface area contributed by atoms with Gasteiger partial charge in [-0.05, 0) is 25.5 Å². The van der Waals surface area contributed by atoms with Crippen molar-refractivity contribution in [2.45, 2.75) is 38.0 Å². The fourth-order valence-electron chi connectivity index (χ4n) is 1.61. The molecule has 126 valence electrons. The van der Waals surface area contributed by atoms with Crippen molar-refractivity contribution in [3.8, 4) is 0 Å². The van der Waals surface area contributed by atoms with E-state index in [2.05, 4.69) is 15.6 Å². The van der Waals surface area contributed by atoms with Gasteiger partial charge < -0.3 is 31.1 Å². The molecule has 0 saturated carbocycles. The number of hydrogen-bond acceptors (Lipinski definition) is 7. The quantitative estimate of drug-likeness (QED) is 0.319. The number of nitrogens with zero attached hydrogens (tertiary/aromatic N) is 1. The molecule has 0 radical (unpaired) electrons. The molecule has 0 bridgehead atoms. The smallest absolute Gasteiger partial charge is 0.0633 e. The molecule has 7 nitrogen and oxygen atoms in total. The first-order valence-electron chi connectivity index (χ1n) is 7.27. The standard InChI is InChI=1S/C15H27N3O4/c1-14(8-19,9-20)17-6-12-3-4-13(16-5-12)7-18-15(2,10-21)11-22/h3-5,17-22H,6-11H2,1-2H3. The number of nitrogens with one attached hydrogen (secondary N) is 2. The third-order valence-corrected chi connectivity index (χ3v) is 3.70. The van der Waals surface area contributed by atoms with Gasteiger partial charge in [-0.1, -0.05) is 6.07 Å². The maximum Gasteiger partial charge on any atom is 0.0633 e. The molecule has 1 heterocycles. The van der Waals surface area contributed by atoms with E-state index in [-0.39, 0.29) is 26.4 Å². The molecule has 0 fully saturated rings. The van der Waals surface area contributed by atoms with Gasteiger partial charge >= 0.3 is 0 Å². The van der Waals surface area contributed by atoms with Crippen molar-refractivity contribution >= 4 is 0 Å². The van der Waals surface area contributed by atoms with Crippen molar-refractivity contribution in [2.75, 3.05) is 26.4 Å². The number of hydrogen-bond donors (Lipinski definition) is 6. The summed E-state index contributed by atoms with van der Waals surface area (Å²) in [5.41, 5.74) is 0.281. The predicted molar refractivity (Wildman–Crippen MR) is 83.1 cm³/mol. The van der Waals surface area contributed by atoms with Gasteiger partial charge in [0.15, 0.2) is 0 Å². The largest absolute Gasteiger partial charge is 0.394 e. The summed E-state index contributed by atoms with van der Waals surface area (Å²) in [6.45, 7) is 3.78. The summed E-state index contributed by atoms with van der Waals surface area (Å²) in [6.07, 6.45) is 1.72. The lowest BCUT2D eigenvalue weighted by molar-refractivity contribution is 0.102. The number of pyridine rings is 1. The van der Waals surface area contributed by atoms with E-state index in [1.807, 2.05) is 12.1 Å². The van der Waals surface area contributed by atoms with Gasteiger partial charge in [0.1, 0.15) is 0 Å². The summed E-state index contributed by atoms with van der Waals surface area (Å²) < 4.78 is 0. The topological polar surface area (TPSA) is 118 Å². The molecule has 22 heavy (non-hydrogen) atoms. The van der Waals surface area contributed by atoms with Crippen LogP contribution < -0.4 is 10.6 Å². The highest BCUT2D eigenvalue weighted by Gasteiger charge is 2.22. The second kappa shape index (κ2) is 8.52. The highest BCUT2D eigenvalue weighted by Crippen LogP contribution is 2.07. The zero-order chi connectivity index (χ0) is 16.6. The predicted octanol–water partition coefficient (Wildman–Crippen LogP) is -1.25. The Bertz CT molecular complexity index is 390. The molecule has 1 rings (SSSR count). The Morgan fingerprint density at radius 2 is 1.36 bits per heavy atom. The van der Waals surface area contributed by atoms with Crippen LogP contribution in [-0.4, -0.2) is 62.9 Å². The highest BCUT2D eigenvalue weighted by molar-refractivity contribution is 5.14. The second-order valence-electron chi connectivity index (χ2n) is 6.12. The lowest BCUT2D eigenvalue weighted by Crippen LogP contribution is -2.48. The van der Waals surface area contributed by atoms with E-state index in [0.29, 0.717) is 13.1 Å². The molecule has 0 aliphatic heterocycles. The molecular formula is C15H27N3O4. The van der Waals surface area contributed by atoms with E-state index >= 15 is 0 Å². The number of rotatable bonds is 10. The Balaban J connectivity index is 2.53. The first-order chi connectivity index (χ1) is 10.4. The van der Waals surface area contributed by atoms with Crippen LogP contribution in [0.15, 0.2) is 18.3 Å². The summed E-state index contributed by atoms with van der Waals surface area (Å²) in [7, 11) is 0. The summed E-state index contributed by atoms with van der Waals surface area (Å²) >= 11 is 0. The van der Waals surface area contributed by atoms with Gasteiger partial charge in [0.25, 0.3) is 0 Å².